The number of hydrogen-bond donors (Lipinski definition) is 0. The van der Waals surface area contributed by atoms with Crippen LogP contribution < -0.4 is 5.46 Å². The van der Waals surface area contributed by atoms with Gasteiger partial charge < -0.3 is 18.4 Å². The lowest BCUT2D eigenvalue weighted by Gasteiger charge is -2.32. The van der Waals surface area contributed by atoms with E-state index in [4.69, 9.17) is 18.4 Å². The Morgan fingerprint density at radius 3 is 2.12 bits per heavy atom. The zero-order valence-corrected chi connectivity index (χ0v) is 16.7. The van der Waals surface area contributed by atoms with Crippen molar-refractivity contribution in [1.29, 1.82) is 0 Å². The number of rotatable bonds is 8. The zero-order valence-electron chi connectivity index (χ0n) is 15.8. The van der Waals surface area contributed by atoms with Gasteiger partial charge in [-0.05, 0) is 59.0 Å². The van der Waals surface area contributed by atoms with E-state index in [2.05, 4.69) is 52.0 Å². The second kappa shape index (κ2) is 8.29. The van der Waals surface area contributed by atoms with E-state index in [0.29, 0.717) is 13.2 Å². The number of hydrogen-bond acceptors (Lipinski definition) is 4. The molecule has 0 spiro atoms. The van der Waals surface area contributed by atoms with Crippen LogP contribution in [-0.4, -0.2) is 37.7 Å². The summed E-state index contributed by atoms with van der Waals surface area (Å²) in [6, 6.07) is 8.45. The zero-order chi connectivity index (χ0) is 17.8. The lowest BCUT2D eigenvalue weighted by molar-refractivity contribution is 0.00578. The smallest absolute Gasteiger partial charge is 0.399 e. The summed E-state index contributed by atoms with van der Waals surface area (Å²) in [5, 5.41) is 0. The molecule has 0 atom stereocenters. The Balaban J connectivity index is 2.02. The van der Waals surface area contributed by atoms with Gasteiger partial charge in [-0.2, -0.15) is 0 Å². The Bertz CT molecular complexity index is 514. The molecule has 4 nitrogen and oxygen atoms in total. The summed E-state index contributed by atoms with van der Waals surface area (Å²) in [4.78, 5) is 0. The molecule has 0 N–H and O–H groups in total. The molecule has 1 fully saturated rings. The van der Waals surface area contributed by atoms with Gasteiger partial charge in [-0.3, -0.25) is 0 Å². The highest BCUT2D eigenvalue weighted by atomic mass is 31.2. The Hall–Kier alpha value is -0.445. The van der Waals surface area contributed by atoms with Crippen LogP contribution in [0.2, 0.25) is 0 Å². The maximum absolute atomic E-state index is 6.14. The van der Waals surface area contributed by atoms with Gasteiger partial charge in [-0.15, -0.1) is 0 Å². The standard InChI is InChI=1S/C18H30BO4P/c1-7-20-24(21-8-2)13-12-15-10-9-11-16(14-15)19-22-17(3,4)18(5,6)23-19/h9-11,14H,7-8,12-13H2,1-6H3. The average Bonchev–Trinajstić information content (AvgIpc) is 2.74. The van der Waals surface area contributed by atoms with Crippen molar-refractivity contribution in [3.05, 3.63) is 29.8 Å². The van der Waals surface area contributed by atoms with E-state index < -0.39 is 8.38 Å². The minimum atomic E-state index is -0.798. The SMILES string of the molecule is CCOP(CCc1cccc(B2OC(C)(C)C(C)(C)O2)c1)OCC. The van der Waals surface area contributed by atoms with E-state index in [-0.39, 0.29) is 18.3 Å². The fourth-order valence-corrected chi connectivity index (χ4v) is 3.90. The Morgan fingerprint density at radius 1 is 1.00 bits per heavy atom. The maximum atomic E-state index is 6.14. The second-order valence-electron chi connectivity index (χ2n) is 6.98. The lowest BCUT2D eigenvalue weighted by Crippen LogP contribution is -2.41. The summed E-state index contributed by atoms with van der Waals surface area (Å²) in [7, 11) is -1.11. The lowest BCUT2D eigenvalue weighted by atomic mass is 9.78. The molecule has 134 valence electrons. The van der Waals surface area contributed by atoms with Gasteiger partial charge in [0.2, 0.25) is 0 Å². The van der Waals surface area contributed by atoms with Gasteiger partial charge >= 0.3 is 7.12 Å². The van der Waals surface area contributed by atoms with Crippen molar-refractivity contribution >= 4 is 21.0 Å². The molecule has 24 heavy (non-hydrogen) atoms. The van der Waals surface area contributed by atoms with Gasteiger partial charge in [-0.25, -0.2) is 0 Å². The summed E-state index contributed by atoms with van der Waals surface area (Å²) in [5.41, 5.74) is 1.70. The summed E-state index contributed by atoms with van der Waals surface area (Å²) < 4.78 is 23.6. The van der Waals surface area contributed by atoms with Crippen molar-refractivity contribution < 1.29 is 18.4 Å². The molecule has 0 unspecified atom stereocenters. The van der Waals surface area contributed by atoms with Crippen LogP contribution in [-0.2, 0) is 24.8 Å². The third-order valence-corrected chi connectivity index (χ3v) is 6.29. The molecule has 0 saturated carbocycles. The van der Waals surface area contributed by atoms with E-state index in [1.807, 2.05) is 13.8 Å². The summed E-state index contributed by atoms with van der Waals surface area (Å²) in [6.45, 7) is 13.7. The molecule has 1 heterocycles. The van der Waals surface area contributed by atoms with Gasteiger partial charge in [-0.1, -0.05) is 24.3 Å². The van der Waals surface area contributed by atoms with Crippen molar-refractivity contribution in [2.24, 2.45) is 0 Å². The van der Waals surface area contributed by atoms with Gasteiger partial charge in [0, 0.05) is 6.16 Å². The van der Waals surface area contributed by atoms with E-state index >= 15 is 0 Å². The third kappa shape index (κ3) is 4.80. The molecule has 1 aromatic carbocycles. The van der Waals surface area contributed by atoms with Gasteiger partial charge in [0.15, 0.2) is 8.38 Å². The summed E-state index contributed by atoms with van der Waals surface area (Å²) in [6.07, 6.45) is 1.84. The largest absolute Gasteiger partial charge is 0.494 e. The molecule has 2 rings (SSSR count). The van der Waals surface area contributed by atoms with Gasteiger partial charge in [0.1, 0.15) is 0 Å². The van der Waals surface area contributed by atoms with E-state index in [0.717, 1.165) is 18.0 Å². The highest BCUT2D eigenvalue weighted by molar-refractivity contribution is 7.47. The topological polar surface area (TPSA) is 36.9 Å². The monoisotopic (exact) mass is 352 g/mol. The molecule has 1 aliphatic rings. The molecule has 1 saturated heterocycles. The molecule has 0 bridgehead atoms. The first kappa shape index (κ1) is 19.9. The van der Waals surface area contributed by atoms with Crippen molar-refractivity contribution in [2.75, 3.05) is 19.4 Å². The molecule has 0 amide bonds. The first-order valence-corrected chi connectivity index (χ1v) is 10.1. The van der Waals surface area contributed by atoms with Crippen LogP contribution in [0.25, 0.3) is 0 Å². The van der Waals surface area contributed by atoms with E-state index in [1.54, 1.807) is 0 Å². The van der Waals surface area contributed by atoms with Crippen molar-refractivity contribution in [2.45, 2.75) is 59.2 Å². The fourth-order valence-electron chi connectivity index (χ4n) is 2.55. The summed E-state index contributed by atoms with van der Waals surface area (Å²) in [5.74, 6) is 0. The first-order valence-electron chi connectivity index (χ1n) is 8.77. The first-order chi connectivity index (χ1) is 11.3. The van der Waals surface area contributed by atoms with Gasteiger partial charge in [0.05, 0.1) is 24.4 Å². The predicted octanol–water partition coefficient (Wildman–Crippen LogP) is 3.91. The minimum Gasteiger partial charge on any atom is -0.399 e. The highest BCUT2D eigenvalue weighted by Gasteiger charge is 2.51. The van der Waals surface area contributed by atoms with E-state index in [9.17, 15) is 0 Å². The summed E-state index contributed by atoms with van der Waals surface area (Å²) >= 11 is 0. The molecule has 0 radical (unpaired) electrons. The minimum absolute atomic E-state index is 0.310. The highest BCUT2D eigenvalue weighted by Crippen LogP contribution is 2.39. The molecule has 0 aromatic heterocycles. The van der Waals surface area contributed by atoms with Crippen LogP contribution in [0.3, 0.4) is 0 Å². The molecular weight excluding hydrogens is 322 g/mol. The van der Waals surface area contributed by atoms with Crippen molar-refractivity contribution in [3.8, 4) is 0 Å². The average molecular weight is 352 g/mol. The van der Waals surface area contributed by atoms with Crippen LogP contribution in [0.4, 0.5) is 0 Å². The molecule has 1 aromatic rings. The third-order valence-electron chi connectivity index (χ3n) is 4.61. The maximum Gasteiger partial charge on any atom is 0.494 e. The van der Waals surface area contributed by atoms with Crippen molar-refractivity contribution in [3.63, 3.8) is 0 Å². The predicted molar refractivity (Wildman–Crippen MR) is 101 cm³/mol. The molecule has 0 aliphatic carbocycles. The van der Waals surface area contributed by atoms with E-state index in [1.165, 1.54) is 5.56 Å². The van der Waals surface area contributed by atoms with Crippen LogP contribution in [0.1, 0.15) is 47.1 Å². The van der Waals surface area contributed by atoms with Crippen LogP contribution in [0.5, 0.6) is 0 Å². The van der Waals surface area contributed by atoms with Gasteiger partial charge in [0.25, 0.3) is 0 Å². The van der Waals surface area contributed by atoms with Crippen molar-refractivity contribution in [1.82, 2.24) is 0 Å². The molecule has 1 aliphatic heterocycles. The Kier molecular flexibility index (Phi) is 6.86. The number of aryl methyl sites for hydroxylation is 1. The molecular formula is C18H30BO4P. The normalized spacial score (nSPS) is 19.2. The molecule has 6 heteroatoms. The second-order valence-corrected chi connectivity index (χ2v) is 8.60. The Labute approximate surface area is 148 Å². The number of benzene rings is 1. The van der Waals surface area contributed by atoms with Crippen LogP contribution in [0.15, 0.2) is 24.3 Å². The van der Waals surface area contributed by atoms with Crippen LogP contribution in [0, 0.1) is 0 Å². The quantitative estimate of drug-likeness (QED) is 0.525. The van der Waals surface area contributed by atoms with Crippen LogP contribution >= 0.6 is 8.38 Å². The Morgan fingerprint density at radius 2 is 1.58 bits per heavy atom. The fraction of sp³-hybridized carbons (Fsp3) is 0.667.